The van der Waals surface area contributed by atoms with Gasteiger partial charge in [0.2, 0.25) is 5.75 Å². The molecular weight excluding hydrogens is 230 g/mol. The molecule has 0 aliphatic carbocycles. The van der Waals surface area contributed by atoms with Crippen LogP contribution in [0.3, 0.4) is 0 Å². The molecule has 16 heavy (non-hydrogen) atoms. The number of rotatable bonds is 0. The standard InChI is InChI=1S/C11H13NO3.ClH/c12-8-3-4-14-10-7(8)1-2-9-11(10)15-6-5-13-9;/h1-2,8H,3-6,12H2;1H. The quantitative estimate of drug-likeness (QED) is 0.753. The van der Waals surface area contributed by atoms with Crippen LogP contribution >= 0.6 is 12.4 Å². The van der Waals surface area contributed by atoms with Crippen molar-refractivity contribution in [3.63, 3.8) is 0 Å². The van der Waals surface area contributed by atoms with E-state index >= 15 is 0 Å². The molecule has 1 unspecified atom stereocenters. The summed E-state index contributed by atoms with van der Waals surface area (Å²) in [5, 5.41) is 0. The van der Waals surface area contributed by atoms with Gasteiger partial charge in [-0.2, -0.15) is 0 Å². The van der Waals surface area contributed by atoms with E-state index in [1.54, 1.807) is 0 Å². The van der Waals surface area contributed by atoms with Crippen LogP contribution in [0.4, 0.5) is 0 Å². The molecule has 4 nitrogen and oxygen atoms in total. The first-order valence-electron chi connectivity index (χ1n) is 5.17. The topological polar surface area (TPSA) is 53.7 Å². The van der Waals surface area contributed by atoms with Crippen LogP contribution in [-0.2, 0) is 0 Å². The molecule has 1 aromatic carbocycles. The zero-order chi connectivity index (χ0) is 10.3. The summed E-state index contributed by atoms with van der Waals surface area (Å²) in [4.78, 5) is 0. The highest BCUT2D eigenvalue weighted by atomic mass is 35.5. The smallest absolute Gasteiger partial charge is 0.204 e. The number of ether oxygens (including phenoxy) is 3. The summed E-state index contributed by atoms with van der Waals surface area (Å²) >= 11 is 0. The van der Waals surface area contributed by atoms with Crippen LogP contribution in [0.2, 0.25) is 0 Å². The Morgan fingerprint density at radius 3 is 2.62 bits per heavy atom. The molecule has 0 bridgehead atoms. The van der Waals surface area contributed by atoms with Crippen molar-refractivity contribution in [2.75, 3.05) is 19.8 Å². The molecule has 0 aromatic heterocycles. The SMILES string of the molecule is Cl.NC1CCOc2c1ccc1c2OCCO1. The van der Waals surface area contributed by atoms with Crippen LogP contribution < -0.4 is 19.9 Å². The fourth-order valence-electron chi connectivity index (χ4n) is 1.99. The van der Waals surface area contributed by atoms with Gasteiger partial charge in [-0.1, -0.05) is 0 Å². The number of benzene rings is 1. The van der Waals surface area contributed by atoms with E-state index in [2.05, 4.69) is 0 Å². The van der Waals surface area contributed by atoms with Gasteiger partial charge in [0.1, 0.15) is 13.2 Å². The Bertz CT molecular complexity index is 397. The maximum atomic E-state index is 6.00. The molecule has 2 N–H and O–H groups in total. The van der Waals surface area contributed by atoms with Crippen molar-refractivity contribution in [1.29, 1.82) is 0 Å². The first-order chi connectivity index (χ1) is 7.36. The van der Waals surface area contributed by atoms with Crippen LogP contribution in [0.5, 0.6) is 17.2 Å². The highest BCUT2D eigenvalue weighted by Crippen LogP contribution is 2.45. The van der Waals surface area contributed by atoms with E-state index in [9.17, 15) is 0 Å². The van der Waals surface area contributed by atoms with Crippen LogP contribution in [-0.4, -0.2) is 19.8 Å². The number of hydrogen-bond acceptors (Lipinski definition) is 4. The Kier molecular flexibility index (Phi) is 3.12. The second-order valence-corrected chi connectivity index (χ2v) is 3.75. The van der Waals surface area contributed by atoms with Gasteiger partial charge in [-0.25, -0.2) is 0 Å². The minimum atomic E-state index is 0. The maximum absolute atomic E-state index is 6.00. The average molecular weight is 244 g/mol. The van der Waals surface area contributed by atoms with Gasteiger partial charge in [0.15, 0.2) is 11.5 Å². The number of nitrogens with two attached hydrogens (primary N) is 1. The summed E-state index contributed by atoms with van der Waals surface area (Å²) in [6.07, 6.45) is 0.854. The lowest BCUT2D eigenvalue weighted by Gasteiger charge is -2.28. The van der Waals surface area contributed by atoms with Crippen molar-refractivity contribution >= 4 is 12.4 Å². The van der Waals surface area contributed by atoms with Crippen molar-refractivity contribution in [1.82, 2.24) is 0 Å². The van der Waals surface area contributed by atoms with Gasteiger partial charge in [0.05, 0.1) is 6.61 Å². The minimum Gasteiger partial charge on any atom is -0.489 e. The van der Waals surface area contributed by atoms with E-state index in [4.69, 9.17) is 19.9 Å². The number of hydrogen-bond donors (Lipinski definition) is 1. The molecule has 2 heterocycles. The van der Waals surface area contributed by atoms with Gasteiger partial charge in [-0.15, -0.1) is 12.4 Å². The van der Waals surface area contributed by atoms with Gasteiger partial charge in [-0.05, 0) is 12.1 Å². The second kappa shape index (κ2) is 4.39. The summed E-state index contributed by atoms with van der Waals surface area (Å²) < 4.78 is 16.7. The zero-order valence-electron chi connectivity index (χ0n) is 8.77. The predicted octanol–water partition coefficient (Wildman–Crippen LogP) is 1.66. The van der Waals surface area contributed by atoms with Crippen LogP contribution in [0.25, 0.3) is 0 Å². The molecule has 0 fully saturated rings. The monoisotopic (exact) mass is 243 g/mol. The summed E-state index contributed by atoms with van der Waals surface area (Å²) in [5.74, 6) is 2.24. The lowest BCUT2D eigenvalue weighted by Crippen LogP contribution is -2.23. The molecule has 0 radical (unpaired) electrons. The molecule has 1 aromatic rings. The van der Waals surface area contributed by atoms with Gasteiger partial charge in [0, 0.05) is 18.0 Å². The van der Waals surface area contributed by atoms with Crippen molar-refractivity contribution in [3.05, 3.63) is 17.7 Å². The Labute approximate surface area is 100 Å². The Morgan fingerprint density at radius 1 is 1.00 bits per heavy atom. The maximum Gasteiger partial charge on any atom is 0.204 e. The summed E-state index contributed by atoms with van der Waals surface area (Å²) in [6.45, 7) is 1.81. The lowest BCUT2D eigenvalue weighted by molar-refractivity contribution is 0.157. The van der Waals surface area contributed by atoms with Crippen LogP contribution in [0, 0.1) is 0 Å². The third-order valence-electron chi connectivity index (χ3n) is 2.77. The normalized spacial score (nSPS) is 21.4. The highest BCUT2D eigenvalue weighted by Gasteiger charge is 2.26. The Hall–Kier alpha value is -1.13. The first-order valence-corrected chi connectivity index (χ1v) is 5.17. The van der Waals surface area contributed by atoms with Crippen LogP contribution in [0.1, 0.15) is 18.0 Å². The summed E-state index contributed by atoms with van der Waals surface area (Å²) in [7, 11) is 0. The Morgan fingerprint density at radius 2 is 1.75 bits per heavy atom. The molecule has 2 aliphatic rings. The van der Waals surface area contributed by atoms with E-state index in [1.165, 1.54) is 0 Å². The lowest BCUT2D eigenvalue weighted by atomic mass is 10.0. The molecule has 88 valence electrons. The second-order valence-electron chi connectivity index (χ2n) is 3.75. The third-order valence-corrected chi connectivity index (χ3v) is 2.77. The zero-order valence-corrected chi connectivity index (χ0v) is 9.59. The van der Waals surface area contributed by atoms with Gasteiger partial charge in [-0.3, -0.25) is 0 Å². The van der Waals surface area contributed by atoms with Gasteiger partial charge >= 0.3 is 0 Å². The molecule has 3 rings (SSSR count). The fraction of sp³-hybridized carbons (Fsp3) is 0.455. The van der Waals surface area contributed by atoms with E-state index in [1.807, 2.05) is 12.1 Å². The van der Waals surface area contributed by atoms with Crippen molar-refractivity contribution in [2.24, 2.45) is 5.73 Å². The molecule has 0 spiro atoms. The number of halogens is 1. The fourth-order valence-corrected chi connectivity index (χ4v) is 1.99. The largest absolute Gasteiger partial charge is 0.489 e. The van der Waals surface area contributed by atoms with E-state index < -0.39 is 0 Å². The molecule has 1 atom stereocenters. The molecule has 0 saturated carbocycles. The van der Waals surface area contributed by atoms with E-state index in [0.717, 1.165) is 23.5 Å². The average Bonchev–Trinajstić information content (AvgIpc) is 2.29. The summed E-state index contributed by atoms with van der Waals surface area (Å²) in [5.41, 5.74) is 7.02. The summed E-state index contributed by atoms with van der Waals surface area (Å²) in [6, 6.07) is 3.92. The number of fused-ring (bicyclic) bond motifs is 3. The molecule has 5 heteroatoms. The minimum absolute atomic E-state index is 0. The molecular formula is C11H14ClNO3. The van der Waals surface area contributed by atoms with Gasteiger partial charge in [0.25, 0.3) is 0 Å². The Balaban J connectivity index is 0.000000963. The van der Waals surface area contributed by atoms with Gasteiger partial charge < -0.3 is 19.9 Å². The highest BCUT2D eigenvalue weighted by molar-refractivity contribution is 5.85. The van der Waals surface area contributed by atoms with E-state index in [-0.39, 0.29) is 18.4 Å². The molecule has 2 aliphatic heterocycles. The predicted molar refractivity (Wildman–Crippen MR) is 61.7 cm³/mol. The first kappa shape index (κ1) is 11.4. The third kappa shape index (κ3) is 1.68. The van der Waals surface area contributed by atoms with Crippen molar-refractivity contribution in [2.45, 2.75) is 12.5 Å². The van der Waals surface area contributed by atoms with Crippen molar-refractivity contribution < 1.29 is 14.2 Å². The van der Waals surface area contributed by atoms with E-state index in [0.29, 0.717) is 25.6 Å². The van der Waals surface area contributed by atoms with Crippen molar-refractivity contribution in [3.8, 4) is 17.2 Å². The molecule has 0 amide bonds. The van der Waals surface area contributed by atoms with Crippen LogP contribution in [0.15, 0.2) is 12.1 Å². The molecule has 0 saturated heterocycles.